The van der Waals surface area contributed by atoms with E-state index in [4.69, 9.17) is 16.0 Å². The fourth-order valence-electron chi connectivity index (χ4n) is 2.41. The number of rotatable bonds is 3. The fourth-order valence-corrected chi connectivity index (χ4v) is 2.60. The molecule has 24 heavy (non-hydrogen) atoms. The Morgan fingerprint density at radius 1 is 1.12 bits per heavy atom. The van der Waals surface area contributed by atoms with Gasteiger partial charge in [0.15, 0.2) is 0 Å². The molecule has 0 aliphatic carbocycles. The van der Waals surface area contributed by atoms with Gasteiger partial charge < -0.3 is 4.42 Å². The normalized spacial score (nSPS) is 11.0. The summed E-state index contributed by atoms with van der Waals surface area (Å²) in [4.78, 5) is 16.8. The second-order valence-corrected chi connectivity index (χ2v) is 5.66. The Kier molecular flexibility index (Phi) is 3.59. The van der Waals surface area contributed by atoms with Crippen molar-refractivity contribution in [2.75, 3.05) is 0 Å². The molecule has 0 unspecified atom stereocenters. The number of halogens is 1. The number of aromatic nitrogens is 4. The van der Waals surface area contributed by atoms with E-state index in [0.717, 1.165) is 5.56 Å². The Labute approximate surface area is 141 Å². The summed E-state index contributed by atoms with van der Waals surface area (Å²) in [5.41, 5.74) is 1.70. The zero-order chi connectivity index (χ0) is 16.5. The van der Waals surface area contributed by atoms with Crippen LogP contribution in [0.2, 0.25) is 5.02 Å². The number of hydrogen-bond donors (Lipinski definition) is 0. The topological polar surface area (TPSA) is 73.8 Å². The van der Waals surface area contributed by atoms with E-state index >= 15 is 0 Å². The van der Waals surface area contributed by atoms with E-state index in [1.54, 1.807) is 30.3 Å². The van der Waals surface area contributed by atoms with Crippen molar-refractivity contribution in [3.63, 3.8) is 0 Å². The van der Waals surface area contributed by atoms with Gasteiger partial charge in [0.05, 0.1) is 11.9 Å². The van der Waals surface area contributed by atoms with Gasteiger partial charge in [0.1, 0.15) is 17.5 Å². The Bertz CT molecular complexity index is 1090. The fraction of sp³-hybridized carbons (Fsp3) is 0.0588. The van der Waals surface area contributed by atoms with E-state index in [-0.39, 0.29) is 12.1 Å². The molecule has 0 spiro atoms. The first-order valence-corrected chi connectivity index (χ1v) is 7.61. The summed E-state index contributed by atoms with van der Waals surface area (Å²) in [7, 11) is 0. The zero-order valence-corrected chi connectivity index (χ0v) is 13.1. The van der Waals surface area contributed by atoms with Crippen LogP contribution in [0.3, 0.4) is 0 Å². The molecule has 6 nitrogen and oxygen atoms in total. The average Bonchev–Trinajstić information content (AvgIpc) is 3.06. The van der Waals surface area contributed by atoms with E-state index < -0.39 is 0 Å². The van der Waals surface area contributed by atoms with E-state index in [1.807, 2.05) is 18.2 Å². The quantitative estimate of drug-likeness (QED) is 0.573. The van der Waals surface area contributed by atoms with Crippen LogP contribution in [0.5, 0.6) is 0 Å². The Morgan fingerprint density at radius 3 is 2.88 bits per heavy atom. The maximum atomic E-state index is 12.4. The molecule has 0 N–H and O–H groups in total. The van der Waals surface area contributed by atoms with Crippen LogP contribution >= 0.6 is 11.6 Å². The highest BCUT2D eigenvalue weighted by Gasteiger charge is 2.10. The summed E-state index contributed by atoms with van der Waals surface area (Å²) in [6, 6.07) is 14.3. The lowest BCUT2D eigenvalue weighted by molar-refractivity contribution is 0.562. The summed E-state index contributed by atoms with van der Waals surface area (Å²) in [5.74, 6) is 0.439. The number of benzene rings is 2. The molecular weight excluding hydrogens is 328 g/mol. The molecule has 7 heteroatoms. The molecule has 0 amide bonds. The van der Waals surface area contributed by atoms with Crippen LogP contribution in [-0.2, 0) is 6.54 Å². The third kappa shape index (κ3) is 2.68. The van der Waals surface area contributed by atoms with Crippen molar-refractivity contribution in [3.05, 3.63) is 75.9 Å². The van der Waals surface area contributed by atoms with Gasteiger partial charge in [-0.3, -0.25) is 4.79 Å². The lowest BCUT2D eigenvalue weighted by Gasteiger charge is -2.02. The Hall–Kier alpha value is -2.99. The molecule has 0 saturated heterocycles. The van der Waals surface area contributed by atoms with Crippen LogP contribution < -0.4 is 5.56 Å². The third-order valence-electron chi connectivity index (χ3n) is 3.56. The van der Waals surface area contributed by atoms with Crippen molar-refractivity contribution in [2.45, 2.75) is 6.54 Å². The van der Waals surface area contributed by atoms with Crippen molar-refractivity contribution in [2.24, 2.45) is 0 Å². The Morgan fingerprint density at radius 2 is 2.00 bits per heavy atom. The molecule has 4 aromatic rings. The molecule has 2 aromatic heterocycles. The first kappa shape index (κ1) is 14.6. The Balaban J connectivity index is 1.67. The van der Waals surface area contributed by atoms with Gasteiger partial charge in [-0.2, -0.15) is 0 Å². The minimum atomic E-state index is -0.215. The van der Waals surface area contributed by atoms with Gasteiger partial charge in [-0.15, -0.1) is 5.10 Å². The van der Waals surface area contributed by atoms with Crippen LogP contribution in [0.1, 0.15) is 5.69 Å². The minimum absolute atomic E-state index is 0.181. The second-order valence-electron chi connectivity index (χ2n) is 5.22. The molecule has 2 heterocycles. The lowest BCUT2D eigenvalue weighted by Crippen LogP contribution is -2.24. The van der Waals surface area contributed by atoms with Gasteiger partial charge in [-0.25, -0.2) is 9.67 Å². The SMILES string of the molecule is O=c1c2ccccc2nnn1Cc1coc(-c2cccc(Cl)c2)n1. The predicted octanol–water partition coefficient (Wildman–Crippen LogP) is 3.15. The molecule has 0 atom stereocenters. The summed E-state index contributed by atoms with van der Waals surface area (Å²) in [6.07, 6.45) is 1.50. The maximum absolute atomic E-state index is 12.4. The van der Waals surface area contributed by atoms with Crippen LogP contribution in [0.15, 0.2) is 64.0 Å². The molecule has 0 radical (unpaired) electrons. The van der Waals surface area contributed by atoms with E-state index in [2.05, 4.69) is 15.3 Å². The smallest absolute Gasteiger partial charge is 0.277 e. The van der Waals surface area contributed by atoms with E-state index in [0.29, 0.717) is 27.5 Å². The molecular formula is C17H11ClN4O2. The first-order chi connectivity index (χ1) is 11.7. The van der Waals surface area contributed by atoms with Gasteiger partial charge >= 0.3 is 0 Å². The van der Waals surface area contributed by atoms with Gasteiger partial charge in [0, 0.05) is 10.6 Å². The number of hydrogen-bond acceptors (Lipinski definition) is 5. The molecule has 118 valence electrons. The summed E-state index contributed by atoms with van der Waals surface area (Å²) in [6.45, 7) is 0.181. The van der Waals surface area contributed by atoms with Gasteiger partial charge in [0.2, 0.25) is 5.89 Å². The molecule has 0 saturated carbocycles. The van der Waals surface area contributed by atoms with Crippen molar-refractivity contribution in [1.82, 2.24) is 20.0 Å². The molecule has 2 aromatic carbocycles. The van der Waals surface area contributed by atoms with Crippen LogP contribution in [0, 0.1) is 0 Å². The van der Waals surface area contributed by atoms with E-state index in [9.17, 15) is 4.79 Å². The van der Waals surface area contributed by atoms with Crippen molar-refractivity contribution in [1.29, 1.82) is 0 Å². The number of oxazole rings is 1. The standard InChI is InChI=1S/C17H11ClN4O2/c18-12-5-3-4-11(8-12)16-19-13(10-24-16)9-22-17(23)14-6-1-2-7-15(14)20-21-22/h1-8,10H,9H2. The summed E-state index contributed by atoms with van der Waals surface area (Å²) in [5, 5.41) is 9.12. The van der Waals surface area contributed by atoms with E-state index in [1.165, 1.54) is 10.9 Å². The third-order valence-corrected chi connectivity index (χ3v) is 3.80. The highest BCUT2D eigenvalue weighted by atomic mass is 35.5. The first-order valence-electron chi connectivity index (χ1n) is 7.23. The highest BCUT2D eigenvalue weighted by molar-refractivity contribution is 6.30. The van der Waals surface area contributed by atoms with Crippen LogP contribution in [0.25, 0.3) is 22.4 Å². The molecule has 0 bridgehead atoms. The van der Waals surface area contributed by atoms with Crippen molar-refractivity contribution >= 4 is 22.5 Å². The summed E-state index contributed by atoms with van der Waals surface area (Å²) < 4.78 is 6.74. The monoisotopic (exact) mass is 338 g/mol. The molecule has 0 aliphatic rings. The number of nitrogens with zero attached hydrogens (tertiary/aromatic N) is 4. The largest absolute Gasteiger partial charge is 0.444 e. The second kappa shape index (κ2) is 5.90. The predicted molar refractivity (Wildman–Crippen MR) is 89.8 cm³/mol. The highest BCUT2D eigenvalue weighted by Crippen LogP contribution is 2.22. The van der Waals surface area contributed by atoms with Gasteiger partial charge in [0.25, 0.3) is 5.56 Å². The van der Waals surface area contributed by atoms with Crippen LogP contribution in [0.4, 0.5) is 0 Å². The van der Waals surface area contributed by atoms with Crippen molar-refractivity contribution < 1.29 is 4.42 Å². The molecule has 0 fully saturated rings. The molecule has 0 aliphatic heterocycles. The van der Waals surface area contributed by atoms with Crippen molar-refractivity contribution in [3.8, 4) is 11.5 Å². The van der Waals surface area contributed by atoms with Gasteiger partial charge in [-0.1, -0.05) is 35.0 Å². The van der Waals surface area contributed by atoms with Crippen LogP contribution in [-0.4, -0.2) is 20.0 Å². The average molecular weight is 339 g/mol. The molecule has 4 rings (SSSR count). The zero-order valence-electron chi connectivity index (χ0n) is 12.4. The lowest BCUT2D eigenvalue weighted by atomic mass is 10.2. The van der Waals surface area contributed by atoms with Gasteiger partial charge in [-0.05, 0) is 30.3 Å². The maximum Gasteiger partial charge on any atom is 0.277 e. The summed E-state index contributed by atoms with van der Waals surface area (Å²) >= 11 is 5.97. The minimum Gasteiger partial charge on any atom is -0.444 e. The number of fused-ring (bicyclic) bond motifs is 1.